The summed E-state index contributed by atoms with van der Waals surface area (Å²) in [7, 11) is 0. The molecule has 1 unspecified atom stereocenters. The van der Waals surface area contributed by atoms with Crippen molar-refractivity contribution in [3.63, 3.8) is 0 Å². The van der Waals surface area contributed by atoms with Crippen LogP contribution in [0.5, 0.6) is 5.75 Å². The first-order chi connectivity index (χ1) is 9.11. The van der Waals surface area contributed by atoms with E-state index in [9.17, 15) is 0 Å². The summed E-state index contributed by atoms with van der Waals surface area (Å²) in [6.45, 7) is 8.07. The van der Waals surface area contributed by atoms with E-state index in [1.54, 1.807) is 6.07 Å². The normalized spacial score (nSPS) is 12.6. The number of para-hydroxylation sites is 1. The van der Waals surface area contributed by atoms with Gasteiger partial charge in [0.05, 0.1) is 0 Å². The van der Waals surface area contributed by atoms with Crippen LogP contribution in [0.2, 0.25) is 0 Å². The number of pyridine rings is 1. The van der Waals surface area contributed by atoms with Crippen LogP contribution in [0.25, 0.3) is 10.9 Å². The largest absolute Gasteiger partial charge is 0.488 e. The summed E-state index contributed by atoms with van der Waals surface area (Å²) in [5.74, 6) is 1.70. The van der Waals surface area contributed by atoms with Gasteiger partial charge >= 0.3 is 0 Å². The van der Waals surface area contributed by atoms with E-state index in [-0.39, 0.29) is 6.10 Å². The van der Waals surface area contributed by atoms with Crippen molar-refractivity contribution < 1.29 is 4.74 Å². The standard InChI is InChI=1S/C16H20N2O/c1-4-6-13(11(2)3)19-14-8-5-7-12-9-10-15(17)18-16(12)14/h4-5,7-11,13H,1,6H2,2-3H3,(H2,17,18). The maximum absolute atomic E-state index is 6.10. The molecule has 0 amide bonds. The molecule has 3 nitrogen and oxygen atoms in total. The molecule has 0 radical (unpaired) electrons. The second-order valence-corrected chi connectivity index (χ2v) is 4.99. The van der Waals surface area contributed by atoms with Crippen molar-refractivity contribution in [2.45, 2.75) is 26.4 Å². The molecule has 0 spiro atoms. The van der Waals surface area contributed by atoms with Gasteiger partial charge in [-0.3, -0.25) is 0 Å². The highest BCUT2D eigenvalue weighted by Crippen LogP contribution is 2.27. The average molecular weight is 256 g/mol. The molecule has 0 aliphatic heterocycles. The van der Waals surface area contributed by atoms with E-state index in [1.165, 1.54) is 0 Å². The Balaban J connectivity index is 2.38. The molecule has 2 rings (SSSR count). The molecule has 0 fully saturated rings. The number of nitrogens with two attached hydrogens (primary N) is 1. The van der Waals surface area contributed by atoms with E-state index in [4.69, 9.17) is 10.5 Å². The molecule has 1 heterocycles. The number of nitrogen functional groups attached to an aromatic ring is 1. The van der Waals surface area contributed by atoms with Crippen LogP contribution in [0.3, 0.4) is 0 Å². The zero-order valence-corrected chi connectivity index (χ0v) is 11.5. The Morgan fingerprint density at radius 3 is 2.79 bits per heavy atom. The minimum atomic E-state index is 0.103. The molecule has 100 valence electrons. The summed E-state index contributed by atoms with van der Waals surface area (Å²) in [5, 5.41) is 1.04. The molecule has 1 aromatic heterocycles. The van der Waals surface area contributed by atoms with Gasteiger partial charge in [-0.2, -0.15) is 0 Å². The fourth-order valence-corrected chi connectivity index (χ4v) is 2.01. The van der Waals surface area contributed by atoms with Crippen LogP contribution in [0.4, 0.5) is 5.82 Å². The van der Waals surface area contributed by atoms with Gasteiger partial charge in [0, 0.05) is 11.8 Å². The smallest absolute Gasteiger partial charge is 0.146 e. The Bertz CT molecular complexity index is 578. The number of rotatable bonds is 5. The van der Waals surface area contributed by atoms with Crippen molar-refractivity contribution in [1.82, 2.24) is 4.98 Å². The number of ether oxygens (including phenoxy) is 1. The SMILES string of the molecule is C=CCC(Oc1cccc2ccc(N)nc12)C(C)C. The lowest BCUT2D eigenvalue weighted by Crippen LogP contribution is -2.22. The third-order valence-corrected chi connectivity index (χ3v) is 3.13. The molecule has 3 heteroatoms. The zero-order chi connectivity index (χ0) is 13.8. The van der Waals surface area contributed by atoms with Gasteiger partial charge in [-0.1, -0.05) is 32.1 Å². The van der Waals surface area contributed by atoms with Crippen LogP contribution in [-0.4, -0.2) is 11.1 Å². The van der Waals surface area contributed by atoms with Crippen molar-refractivity contribution >= 4 is 16.7 Å². The quantitative estimate of drug-likeness (QED) is 0.828. The molecule has 0 aliphatic rings. The maximum Gasteiger partial charge on any atom is 0.146 e. The average Bonchev–Trinajstić information content (AvgIpc) is 2.38. The van der Waals surface area contributed by atoms with Gasteiger partial charge < -0.3 is 10.5 Å². The van der Waals surface area contributed by atoms with Crippen LogP contribution < -0.4 is 10.5 Å². The summed E-state index contributed by atoms with van der Waals surface area (Å²) in [4.78, 5) is 4.38. The van der Waals surface area contributed by atoms with Crippen LogP contribution in [0.15, 0.2) is 43.0 Å². The number of benzene rings is 1. The zero-order valence-electron chi connectivity index (χ0n) is 11.5. The van der Waals surface area contributed by atoms with E-state index in [1.807, 2.05) is 30.3 Å². The monoisotopic (exact) mass is 256 g/mol. The molecular weight excluding hydrogens is 236 g/mol. The Morgan fingerprint density at radius 2 is 2.11 bits per heavy atom. The highest BCUT2D eigenvalue weighted by molar-refractivity contribution is 5.85. The molecular formula is C16H20N2O. The Hall–Kier alpha value is -2.03. The summed E-state index contributed by atoms with van der Waals surface area (Å²) < 4.78 is 6.10. The fourth-order valence-electron chi connectivity index (χ4n) is 2.01. The molecule has 1 atom stereocenters. The topological polar surface area (TPSA) is 48.1 Å². The summed E-state index contributed by atoms with van der Waals surface area (Å²) in [6.07, 6.45) is 2.81. The number of aromatic nitrogens is 1. The first-order valence-electron chi connectivity index (χ1n) is 6.54. The molecule has 0 saturated heterocycles. The van der Waals surface area contributed by atoms with E-state index >= 15 is 0 Å². The van der Waals surface area contributed by atoms with Crippen LogP contribution >= 0.6 is 0 Å². The van der Waals surface area contributed by atoms with Crippen LogP contribution in [0.1, 0.15) is 20.3 Å². The summed E-state index contributed by atoms with van der Waals surface area (Å²) >= 11 is 0. The molecule has 2 aromatic rings. The van der Waals surface area contributed by atoms with Gasteiger partial charge in [0.25, 0.3) is 0 Å². The Labute approximate surface area is 114 Å². The van der Waals surface area contributed by atoms with Gasteiger partial charge in [-0.05, 0) is 24.1 Å². The third-order valence-electron chi connectivity index (χ3n) is 3.13. The lowest BCUT2D eigenvalue weighted by molar-refractivity contribution is 0.156. The highest BCUT2D eigenvalue weighted by Gasteiger charge is 2.15. The number of fused-ring (bicyclic) bond motifs is 1. The lowest BCUT2D eigenvalue weighted by atomic mass is 10.0. The minimum absolute atomic E-state index is 0.103. The predicted octanol–water partition coefficient (Wildman–Crippen LogP) is 3.80. The Morgan fingerprint density at radius 1 is 1.32 bits per heavy atom. The molecule has 0 saturated carbocycles. The van der Waals surface area contributed by atoms with Crippen molar-refractivity contribution in [3.05, 3.63) is 43.0 Å². The number of anilines is 1. The van der Waals surface area contributed by atoms with Crippen molar-refractivity contribution in [3.8, 4) is 5.75 Å². The molecule has 1 aromatic carbocycles. The number of hydrogen-bond donors (Lipinski definition) is 1. The van der Waals surface area contributed by atoms with E-state index in [2.05, 4.69) is 25.4 Å². The second-order valence-electron chi connectivity index (χ2n) is 4.99. The fraction of sp³-hybridized carbons (Fsp3) is 0.312. The van der Waals surface area contributed by atoms with E-state index in [0.29, 0.717) is 11.7 Å². The van der Waals surface area contributed by atoms with Gasteiger partial charge in [0.15, 0.2) is 0 Å². The predicted molar refractivity (Wildman–Crippen MR) is 80.2 cm³/mol. The first kappa shape index (κ1) is 13.4. The maximum atomic E-state index is 6.10. The van der Waals surface area contributed by atoms with Crippen LogP contribution in [0, 0.1) is 5.92 Å². The molecule has 0 bridgehead atoms. The molecule has 19 heavy (non-hydrogen) atoms. The van der Waals surface area contributed by atoms with Gasteiger partial charge in [-0.15, -0.1) is 6.58 Å². The minimum Gasteiger partial charge on any atom is -0.488 e. The number of nitrogens with zero attached hydrogens (tertiary/aromatic N) is 1. The van der Waals surface area contributed by atoms with E-state index < -0.39 is 0 Å². The molecule has 2 N–H and O–H groups in total. The number of hydrogen-bond acceptors (Lipinski definition) is 3. The summed E-state index contributed by atoms with van der Waals surface area (Å²) in [5.41, 5.74) is 6.58. The van der Waals surface area contributed by atoms with E-state index in [0.717, 1.165) is 23.1 Å². The van der Waals surface area contributed by atoms with Gasteiger partial charge in [0.1, 0.15) is 23.2 Å². The Kier molecular flexibility index (Phi) is 4.05. The van der Waals surface area contributed by atoms with Gasteiger partial charge in [0.2, 0.25) is 0 Å². The summed E-state index contributed by atoms with van der Waals surface area (Å²) in [6, 6.07) is 9.68. The van der Waals surface area contributed by atoms with Crippen LogP contribution in [-0.2, 0) is 0 Å². The van der Waals surface area contributed by atoms with Crippen molar-refractivity contribution in [1.29, 1.82) is 0 Å². The second kappa shape index (κ2) is 5.74. The first-order valence-corrected chi connectivity index (χ1v) is 6.54. The van der Waals surface area contributed by atoms with Crippen molar-refractivity contribution in [2.24, 2.45) is 5.92 Å². The van der Waals surface area contributed by atoms with Gasteiger partial charge in [-0.25, -0.2) is 4.98 Å². The lowest BCUT2D eigenvalue weighted by Gasteiger charge is -2.22. The third kappa shape index (κ3) is 3.05. The molecule has 0 aliphatic carbocycles. The van der Waals surface area contributed by atoms with Crippen molar-refractivity contribution in [2.75, 3.05) is 5.73 Å². The highest BCUT2D eigenvalue weighted by atomic mass is 16.5.